The monoisotopic (exact) mass is 292 g/mol. The van der Waals surface area contributed by atoms with E-state index in [1.54, 1.807) is 0 Å². The van der Waals surface area contributed by atoms with E-state index in [1.807, 2.05) is 11.8 Å². The van der Waals surface area contributed by atoms with Crippen molar-refractivity contribution in [3.05, 3.63) is 0 Å². The van der Waals surface area contributed by atoms with Crippen LogP contribution in [-0.4, -0.2) is 43.2 Å². The third-order valence-corrected chi connectivity index (χ3v) is 3.43. The van der Waals surface area contributed by atoms with Gasteiger partial charge in [-0.1, -0.05) is 13.8 Å². The number of nitrogens with zero attached hydrogens (tertiary/aromatic N) is 1. The number of likely N-dealkylation sites (tertiary alicyclic amines) is 1. The Kier molecular flexibility index (Phi) is 9.40. The lowest BCUT2D eigenvalue weighted by atomic mass is 9.97. The van der Waals surface area contributed by atoms with E-state index in [1.165, 1.54) is 0 Å². The van der Waals surface area contributed by atoms with E-state index in [2.05, 4.69) is 13.8 Å². The Morgan fingerprint density at radius 1 is 1.47 bits per heavy atom. The number of halogens is 1. The van der Waals surface area contributed by atoms with Crippen LogP contribution < -0.4 is 5.73 Å². The molecule has 0 spiro atoms. The first kappa shape index (κ1) is 18.7. The summed E-state index contributed by atoms with van der Waals surface area (Å²) in [5.74, 6) is 1.06. The highest BCUT2D eigenvalue weighted by atomic mass is 35.5. The summed E-state index contributed by atoms with van der Waals surface area (Å²) in [5.41, 5.74) is 5.97. The molecule has 0 bridgehead atoms. The number of hydrogen-bond donors (Lipinski definition) is 1. The Balaban J connectivity index is 0.00000324. The fourth-order valence-electron chi connectivity index (χ4n) is 2.53. The van der Waals surface area contributed by atoms with Gasteiger partial charge in [0.2, 0.25) is 5.91 Å². The van der Waals surface area contributed by atoms with Crippen LogP contribution in [0.25, 0.3) is 0 Å². The summed E-state index contributed by atoms with van der Waals surface area (Å²) in [5, 5.41) is 0. The van der Waals surface area contributed by atoms with E-state index in [-0.39, 0.29) is 24.4 Å². The maximum Gasteiger partial charge on any atom is 0.239 e. The van der Waals surface area contributed by atoms with Crippen molar-refractivity contribution in [2.24, 2.45) is 17.6 Å². The molecule has 0 aromatic rings. The molecule has 0 aromatic heterocycles. The molecule has 0 aliphatic carbocycles. The first-order valence-corrected chi connectivity index (χ1v) is 7.16. The number of nitrogens with two attached hydrogens (primary N) is 1. The predicted octanol–water partition coefficient (Wildman–Crippen LogP) is 2.06. The third kappa shape index (κ3) is 6.59. The van der Waals surface area contributed by atoms with Gasteiger partial charge in [0.05, 0.1) is 12.6 Å². The second-order valence-electron chi connectivity index (χ2n) is 5.69. The fourth-order valence-corrected chi connectivity index (χ4v) is 2.53. The number of amides is 1. The van der Waals surface area contributed by atoms with Crippen molar-refractivity contribution in [3.63, 3.8) is 0 Å². The quantitative estimate of drug-likeness (QED) is 0.815. The maximum atomic E-state index is 12.2. The zero-order valence-electron chi connectivity index (χ0n) is 12.4. The first-order chi connectivity index (χ1) is 8.54. The zero-order chi connectivity index (χ0) is 13.5. The summed E-state index contributed by atoms with van der Waals surface area (Å²) in [4.78, 5) is 14.1. The van der Waals surface area contributed by atoms with Gasteiger partial charge in [-0.2, -0.15) is 0 Å². The van der Waals surface area contributed by atoms with Gasteiger partial charge in [0.1, 0.15) is 0 Å². The third-order valence-electron chi connectivity index (χ3n) is 3.43. The largest absolute Gasteiger partial charge is 0.381 e. The number of hydrogen-bond acceptors (Lipinski definition) is 3. The molecule has 19 heavy (non-hydrogen) atoms. The molecule has 2 atom stereocenters. The van der Waals surface area contributed by atoms with Gasteiger partial charge >= 0.3 is 0 Å². The smallest absolute Gasteiger partial charge is 0.239 e. The maximum absolute atomic E-state index is 12.2. The molecule has 114 valence electrons. The van der Waals surface area contributed by atoms with Gasteiger partial charge < -0.3 is 15.4 Å². The average Bonchev–Trinajstić information content (AvgIpc) is 2.35. The minimum Gasteiger partial charge on any atom is -0.381 e. The van der Waals surface area contributed by atoms with Crippen LogP contribution in [0.5, 0.6) is 0 Å². The summed E-state index contributed by atoms with van der Waals surface area (Å²) in [6.45, 7) is 9.38. The van der Waals surface area contributed by atoms with Crippen LogP contribution in [-0.2, 0) is 9.53 Å². The lowest BCUT2D eigenvalue weighted by Gasteiger charge is -2.34. The highest BCUT2D eigenvalue weighted by Crippen LogP contribution is 2.18. The topological polar surface area (TPSA) is 55.6 Å². The van der Waals surface area contributed by atoms with Gasteiger partial charge in [-0.3, -0.25) is 4.79 Å². The van der Waals surface area contributed by atoms with Gasteiger partial charge in [0, 0.05) is 19.7 Å². The van der Waals surface area contributed by atoms with Crippen molar-refractivity contribution in [3.8, 4) is 0 Å². The Bertz CT molecular complexity index is 262. The standard InChI is InChI=1S/C14H28N2O2.ClH/c1-4-18-10-12-6-5-7-16(9-12)14(17)13(15)8-11(2)3;/h11-13H,4-10,15H2,1-3H3;1H/t12?,13-;/m0./s1. The minimum atomic E-state index is -0.337. The molecule has 0 saturated carbocycles. The van der Waals surface area contributed by atoms with Crippen LogP contribution in [0.4, 0.5) is 0 Å². The summed E-state index contributed by atoms with van der Waals surface area (Å²) in [7, 11) is 0. The SMILES string of the molecule is CCOCC1CCCN(C(=O)[C@@H](N)CC(C)C)C1.Cl. The Labute approximate surface area is 123 Å². The second kappa shape index (κ2) is 9.56. The molecule has 1 unspecified atom stereocenters. The zero-order valence-corrected chi connectivity index (χ0v) is 13.2. The highest BCUT2D eigenvalue weighted by Gasteiger charge is 2.27. The van der Waals surface area contributed by atoms with Crippen molar-refractivity contribution in [1.29, 1.82) is 0 Å². The number of ether oxygens (including phenoxy) is 1. The first-order valence-electron chi connectivity index (χ1n) is 7.16. The minimum absolute atomic E-state index is 0. The molecule has 1 aliphatic heterocycles. The molecule has 1 fully saturated rings. The molecule has 1 aliphatic rings. The molecule has 1 heterocycles. The van der Waals surface area contributed by atoms with E-state index >= 15 is 0 Å². The molecule has 1 saturated heterocycles. The van der Waals surface area contributed by atoms with Crippen LogP contribution in [0, 0.1) is 11.8 Å². The Hall–Kier alpha value is -0.320. The molecule has 1 rings (SSSR count). The number of rotatable bonds is 6. The fraction of sp³-hybridized carbons (Fsp3) is 0.929. The van der Waals surface area contributed by atoms with E-state index in [4.69, 9.17) is 10.5 Å². The van der Waals surface area contributed by atoms with Crippen LogP contribution in [0.1, 0.15) is 40.0 Å². The van der Waals surface area contributed by atoms with E-state index in [0.717, 1.165) is 45.6 Å². The molecule has 0 radical (unpaired) electrons. The lowest BCUT2D eigenvalue weighted by molar-refractivity contribution is -0.135. The van der Waals surface area contributed by atoms with Crippen molar-refractivity contribution in [2.75, 3.05) is 26.3 Å². The summed E-state index contributed by atoms with van der Waals surface area (Å²) in [6, 6.07) is -0.337. The normalized spacial score (nSPS) is 21.1. The molecule has 0 aromatic carbocycles. The molecule has 1 amide bonds. The second-order valence-corrected chi connectivity index (χ2v) is 5.69. The van der Waals surface area contributed by atoms with E-state index in [9.17, 15) is 4.79 Å². The highest BCUT2D eigenvalue weighted by molar-refractivity contribution is 5.85. The van der Waals surface area contributed by atoms with Crippen LogP contribution in [0.3, 0.4) is 0 Å². The van der Waals surface area contributed by atoms with Crippen molar-refractivity contribution in [1.82, 2.24) is 4.90 Å². The van der Waals surface area contributed by atoms with E-state index < -0.39 is 0 Å². The van der Waals surface area contributed by atoms with Crippen LogP contribution in [0.15, 0.2) is 0 Å². The van der Waals surface area contributed by atoms with Gasteiger partial charge in [-0.25, -0.2) is 0 Å². The average molecular weight is 293 g/mol. The summed E-state index contributed by atoms with van der Waals surface area (Å²) in [6.07, 6.45) is 2.99. The Morgan fingerprint density at radius 2 is 2.16 bits per heavy atom. The molecule has 4 nitrogen and oxygen atoms in total. The summed E-state index contributed by atoms with van der Waals surface area (Å²) < 4.78 is 5.46. The van der Waals surface area contributed by atoms with Gasteiger partial charge in [-0.15, -0.1) is 12.4 Å². The number of carbonyl (C=O) groups is 1. The molecule has 2 N–H and O–H groups in total. The Morgan fingerprint density at radius 3 is 2.74 bits per heavy atom. The van der Waals surface area contributed by atoms with Crippen LogP contribution >= 0.6 is 12.4 Å². The lowest BCUT2D eigenvalue weighted by Crippen LogP contribution is -2.49. The summed E-state index contributed by atoms with van der Waals surface area (Å²) >= 11 is 0. The van der Waals surface area contributed by atoms with Crippen molar-refractivity contribution < 1.29 is 9.53 Å². The molecule has 5 heteroatoms. The van der Waals surface area contributed by atoms with Gasteiger partial charge in [0.15, 0.2) is 0 Å². The predicted molar refractivity (Wildman–Crippen MR) is 80.5 cm³/mol. The number of carbonyl (C=O) groups excluding carboxylic acids is 1. The molecular weight excluding hydrogens is 264 g/mol. The number of piperidine rings is 1. The van der Waals surface area contributed by atoms with Gasteiger partial charge in [-0.05, 0) is 38.0 Å². The van der Waals surface area contributed by atoms with E-state index in [0.29, 0.717) is 11.8 Å². The van der Waals surface area contributed by atoms with Crippen molar-refractivity contribution >= 4 is 18.3 Å². The van der Waals surface area contributed by atoms with Gasteiger partial charge in [0.25, 0.3) is 0 Å². The van der Waals surface area contributed by atoms with Crippen LogP contribution in [0.2, 0.25) is 0 Å². The van der Waals surface area contributed by atoms with Crippen molar-refractivity contribution in [2.45, 2.75) is 46.1 Å². The molecular formula is C14H29ClN2O2.